The lowest BCUT2D eigenvalue weighted by Crippen LogP contribution is -2.23. The van der Waals surface area contributed by atoms with Crippen molar-refractivity contribution in [2.45, 2.75) is 6.54 Å². The second kappa shape index (κ2) is 6.36. The predicted octanol–water partition coefficient (Wildman–Crippen LogP) is 1.81. The van der Waals surface area contributed by atoms with Gasteiger partial charge in [0.25, 0.3) is 5.91 Å². The van der Waals surface area contributed by atoms with Crippen LogP contribution in [-0.4, -0.2) is 34.4 Å². The smallest absolute Gasteiger partial charge is 0.251 e. The molecule has 1 amide bonds. The molecule has 1 N–H and O–H groups in total. The van der Waals surface area contributed by atoms with E-state index in [0.717, 1.165) is 22.8 Å². The van der Waals surface area contributed by atoms with Gasteiger partial charge >= 0.3 is 0 Å². The lowest BCUT2D eigenvalue weighted by molar-refractivity contribution is 0.0950. The summed E-state index contributed by atoms with van der Waals surface area (Å²) in [6.45, 7) is 0.268. The van der Waals surface area contributed by atoms with Gasteiger partial charge in [0, 0.05) is 36.8 Å². The summed E-state index contributed by atoms with van der Waals surface area (Å²) in [5, 5.41) is 7.03. The number of hydrogen-bond donors (Lipinski definition) is 1. The van der Waals surface area contributed by atoms with Crippen molar-refractivity contribution in [1.29, 1.82) is 0 Å². The van der Waals surface area contributed by atoms with E-state index in [9.17, 15) is 4.79 Å². The minimum Gasteiger partial charge on any atom is -0.346 e. The molecular weight excluding hydrogens is 338 g/mol. The number of carbonyl (C=O) groups excluding carboxylic acids is 1. The Balaban J connectivity index is 1.54. The number of nitrogens with one attached hydrogen (secondary N) is 1. The minimum atomic E-state index is -0.197. The first-order valence-electron chi connectivity index (χ1n) is 7.50. The third-order valence-electron chi connectivity index (χ3n) is 3.68. The molecule has 9 heteroatoms. The summed E-state index contributed by atoms with van der Waals surface area (Å²) in [6.07, 6.45) is 6.81. The van der Waals surface area contributed by atoms with Gasteiger partial charge in [0.2, 0.25) is 0 Å². The van der Waals surface area contributed by atoms with Crippen LogP contribution in [0.15, 0.2) is 43.0 Å². The molecule has 0 aliphatic heterocycles. The number of carbonyl (C=O) groups is 1. The molecule has 1 aromatic carbocycles. The van der Waals surface area contributed by atoms with Gasteiger partial charge in [-0.2, -0.15) is 13.8 Å². The molecule has 3 aromatic heterocycles. The highest BCUT2D eigenvalue weighted by atomic mass is 32.1. The lowest BCUT2D eigenvalue weighted by Gasteiger charge is -2.08. The average Bonchev–Trinajstić information content (AvgIpc) is 3.28. The average molecular weight is 351 g/mol. The zero-order valence-electron chi connectivity index (χ0n) is 13.2. The summed E-state index contributed by atoms with van der Waals surface area (Å²) in [4.78, 5) is 21.1. The van der Waals surface area contributed by atoms with E-state index in [2.05, 4.69) is 29.1 Å². The molecule has 0 saturated carbocycles. The molecule has 4 aromatic rings. The van der Waals surface area contributed by atoms with Crippen molar-refractivity contribution in [3.63, 3.8) is 0 Å². The highest BCUT2D eigenvalue weighted by molar-refractivity contribution is 7.00. The predicted molar refractivity (Wildman–Crippen MR) is 92.8 cm³/mol. The molecule has 0 saturated heterocycles. The van der Waals surface area contributed by atoms with E-state index in [1.807, 2.05) is 13.2 Å². The van der Waals surface area contributed by atoms with Crippen LogP contribution in [0.1, 0.15) is 16.1 Å². The van der Waals surface area contributed by atoms with Gasteiger partial charge in [-0.25, -0.2) is 0 Å². The number of amides is 1. The van der Waals surface area contributed by atoms with Crippen LogP contribution in [0.2, 0.25) is 0 Å². The van der Waals surface area contributed by atoms with E-state index in [1.54, 1.807) is 41.5 Å². The van der Waals surface area contributed by atoms with Gasteiger partial charge in [-0.05, 0) is 18.2 Å². The van der Waals surface area contributed by atoms with Crippen molar-refractivity contribution >= 4 is 28.7 Å². The maximum atomic E-state index is 12.4. The van der Waals surface area contributed by atoms with Gasteiger partial charge in [-0.3, -0.25) is 19.4 Å². The number of aromatic nitrogens is 6. The van der Waals surface area contributed by atoms with Crippen LogP contribution in [0.4, 0.5) is 0 Å². The first-order valence-corrected chi connectivity index (χ1v) is 8.23. The van der Waals surface area contributed by atoms with Crippen molar-refractivity contribution in [2.75, 3.05) is 0 Å². The highest BCUT2D eigenvalue weighted by Gasteiger charge is 2.12. The molecule has 0 bridgehead atoms. The second-order valence-electron chi connectivity index (χ2n) is 5.40. The van der Waals surface area contributed by atoms with E-state index in [-0.39, 0.29) is 12.5 Å². The number of hydrogen-bond acceptors (Lipinski definition) is 7. The van der Waals surface area contributed by atoms with E-state index in [4.69, 9.17) is 0 Å². The Morgan fingerprint density at radius 1 is 1.20 bits per heavy atom. The quantitative estimate of drug-likeness (QED) is 0.602. The molecule has 0 spiro atoms. The Morgan fingerprint density at radius 3 is 2.88 bits per heavy atom. The Labute approximate surface area is 146 Å². The van der Waals surface area contributed by atoms with Gasteiger partial charge < -0.3 is 5.32 Å². The maximum absolute atomic E-state index is 12.4. The summed E-state index contributed by atoms with van der Waals surface area (Å²) in [7, 11) is 1.84. The van der Waals surface area contributed by atoms with Gasteiger partial charge in [0.05, 0.1) is 35.9 Å². The fourth-order valence-corrected chi connectivity index (χ4v) is 2.99. The van der Waals surface area contributed by atoms with Crippen LogP contribution < -0.4 is 5.32 Å². The molecule has 4 rings (SSSR count). The first kappa shape index (κ1) is 15.3. The molecule has 0 radical (unpaired) electrons. The third-order valence-corrected chi connectivity index (χ3v) is 4.24. The Bertz CT molecular complexity index is 1060. The van der Waals surface area contributed by atoms with Crippen LogP contribution in [0.3, 0.4) is 0 Å². The van der Waals surface area contributed by atoms with Crippen LogP contribution in [0.5, 0.6) is 0 Å². The molecule has 0 fully saturated rings. The molecule has 0 aliphatic carbocycles. The zero-order valence-corrected chi connectivity index (χ0v) is 14.1. The van der Waals surface area contributed by atoms with Crippen molar-refractivity contribution < 1.29 is 4.79 Å². The summed E-state index contributed by atoms with van der Waals surface area (Å²) in [6, 6.07) is 5.25. The summed E-state index contributed by atoms with van der Waals surface area (Å²) < 4.78 is 9.99. The molecule has 25 heavy (non-hydrogen) atoms. The van der Waals surface area contributed by atoms with Gasteiger partial charge in [-0.15, -0.1) is 0 Å². The molecule has 3 heterocycles. The first-order chi connectivity index (χ1) is 12.2. The fraction of sp³-hybridized carbons (Fsp3) is 0.125. The summed E-state index contributed by atoms with van der Waals surface area (Å²) in [5.41, 5.74) is 4.28. The van der Waals surface area contributed by atoms with Crippen LogP contribution in [0.25, 0.3) is 22.3 Å². The number of rotatable bonds is 4. The van der Waals surface area contributed by atoms with Crippen molar-refractivity contribution in [2.24, 2.45) is 7.05 Å². The number of fused-ring (bicyclic) bond motifs is 1. The molecule has 0 atom stereocenters. The number of nitrogens with zero attached hydrogens (tertiary/aromatic N) is 6. The van der Waals surface area contributed by atoms with E-state index >= 15 is 0 Å². The molecule has 0 unspecified atom stereocenters. The Hall–Kier alpha value is -3.20. The third kappa shape index (κ3) is 3.09. The van der Waals surface area contributed by atoms with Crippen molar-refractivity contribution in [1.82, 2.24) is 33.8 Å². The minimum absolute atomic E-state index is 0.197. The molecular formula is C16H13N7OS. The standard InChI is InChI=1S/C16H13N7OS/c1-23-9-11(7-20-23)15-14(17-4-5-18-15)8-19-16(24)10-2-3-12-13(6-10)22-25-21-12/h2-7,9H,8H2,1H3,(H,19,24). The Morgan fingerprint density at radius 2 is 2.04 bits per heavy atom. The zero-order chi connectivity index (χ0) is 17.2. The fourth-order valence-electron chi connectivity index (χ4n) is 2.47. The summed E-state index contributed by atoms with van der Waals surface area (Å²) >= 11 is 1.13. The molecule has 8 nitrogen and oxygen atoms in total. The number of benzene rings is 1. The lowest BCUT2D eigenvalue weighted by atomic mass is 10.1. The summed E-state index contributed by atoms with van der Waals surface area (Å²) in [5.74, 6) is -0.197. The second-order valence-corrected chi connectivity index (χ2v) is 5.93. The van der Waals surface area contributed by atoms with Gasteiger partial charge in [0.15, 0.2) is 0 Å². The van der Waals surface area contributed by atoms with E-state index < -0.39 is 0 Å². The monoisotopic (exact) mass is 351 g/mol. The molecule has 124 valence electrons. The SMILES string of the molecule is Cn1cc(-c2nccnc2CNC(=O)c2ccc3nsnc3c2)cn1. The van der Waals surface area contributed by atoms with Crippen molar-refractivity contribution in [3.8, 4) is 11.3 Å². The van der Waals surface area contributed by atoms with Gasteiger partial charge in [-0.1, -0.05) is 0 Å². The Kier molecular flexibility index (Phi) is 3.90. The van der Waals surface area contributed by atoms with Crippen LogP contribution in [0, 0.1) is 0 Å². The number of aryl methyl sites for hydroxylation is 1. The van der Waals surface area contributed by atoms with Crippen LogP contribution >= 0.6 is 11.7 Å². The van der Waals surface area contributed by atoms with Gasteiger partial charge in [0.1, 0.15) is 11.0 Å². The highest BCUT2D eigenvalue weighted by Crippen LogP contribution is 2.19. The normalized spacial score (nSPS) is 10.9. The van der Waals surface area contributed by atoms with E-state index in [1.165, 1.54) is 0 Å². The van der Waals surface area contributed by atoms with Crippen LogP contribution in [-0.2, 0) is 13.6 Å². The maximum Gasteiger partial charge on any atom is 0.251 e. The largest absolute Gasteiger partial charge is 0.346 e. The molecule has 0 aliphatic rings. The topological polar surface area (TPSA) is 98.5 Å². The van der Waals surface area contributed by atoms with Crippen molar-refractivity contribution in [3.05, 3.63) is 54.2 Å². The van der Waals surface area contributed by atoms with E-state index in [0.29, 0.717) is 22.5 Å².